The third-order valence-electron chi connectivity index (χ3n) is 1.96. The van der Waals surface area contributed by atoms with E-state index in [9.17, 15) is 4.79 Å². The van der Waals surface area contributed by atoms with E-state index in [1.54, 1.807) is 18.1 Å². The molecule has 1 N–H and O–H groups in total. The van der Waals surface area contributed by atoms with Crippen molar-refractivity contribution in [2.45, 2.75) is 13.5 Å². The molecule has 0 fully saturated rings. The van der Waals surface area contributed by atoms with Crippen molar-refractivity contribution < 1.29 is 9.21 Å². The van der Waals surface area contributed by atoms with Crippen LogP contribution in [0.4, 0.5) is 0 Å². The molecule has 0 bridgehead atoms. The van der Waals surface area contributed by atoms with Crippen LogP contribution in [0.5, 0.6) is 0 Å². The van der Waals surface area contributed by atoms with Gasteiger partial charge in [-0.2, -0.15) is 0 Å². The van der Waals surface area contributed by atoms with Gasteiger partial charge in [-0.3, -0.25) is 4.79 Å². The van der Waals surface area contributed by atoms with Gasteiger partial charge in [0.1, 0.15) is 5.76 Å². The van der Waals surface area contributed by atoms with Gasteiger partial charge in [0, 0.05) is 13.6 Å². The van der Waals surface area contributed by atoms with Crippen LogP contribution in [0.25, 0.3) is 0 Å². The lowest BCUT2D eigenvalue weighted by Gasteiger charge is -2.14. The van der Waals surface area contributed by atoms with Gasteiger partial charge in [-0.15, -0.1) is 0 Å². The fourth-order valence-corrected chi connectivity index (χ4v) is 0.933. The number of amides is 1. The van der Waals surface area contributed by atoms with E-state index < -0.39 is 0 Å². The van der Waals surface area contributed by atoms with Crippen molar-refractivity contribution in [1.29, 1.82) is 0 Å². The largest absolute Gasteiger partial charge is 0.447 e. The van der Waals surface area contributed by atoms with Gasteiger partial charge < -0.3 is 14.6 Å². The number of nitrogens with zero attached hydrogens (tertiary/aromatic N) is 2. The molecule has 0 radical (unpaired) electrons. The van der Waals surface area contributed by atoms with Crippen molar-refractivity contribution in [2.75, 3.05) is 20.1 Å². The summed E-state index contributed by atoms with van der Waals surface area (Å²) in [7, 11) is 1.78. The molecule has 0 spiro atoms. The lowest BCUT2D eigenvalue weighted by molar-refractivity contribution is -0.128. The molecular formula is C9H15N3O2. The van der Waals surface area contributed by atoms with E-state index in [0.717, 1.165) is 12.3 Å². The third kappa shape index (κ3) is 3.18. The first-order valence-corrected chi connectivity index (χ1v) is 4.56. The second kappa shape index (κ2) is 5.39. The number of likely N-dealkylation sites (N-methyl/N-ethyl adjacent to an activating group) is 1. The minimum atomic E-state index is 0.0759. The van der Waals surface area contributed by atoms with Crippen molar-refractivity contribution in [1.82, 2.24) is 15.2 Å². The van der Waals surface area contributed by atoms with Crippen molar-refractivity contribution in [3.63, 3.8) is 0 Å². The first kappa shape index (κ1) is 10.7. The molecule has 0 unspecified atom stereocenters. The first-order valence-electron chi connectivity index (χ1n) is 4.56. The quantitative estimate of drug-likeness (QED) is 0.734. The lowest BCUT2D eigenvalue weighted by atomic mass is 10.4. The summed E-state index contributed by atoms with van der Waals surface area (Å²) in [5, 5.41) is 2.98. The zero-order chi connectivity index (χ0) is 10.4. The number of hydrogen-bond acceptors (Lipinski definition) is 4. The molecule has 0 aliphatic heterocycles. The average Bonchev–Trinajstić information content (AvgIpc) is 2.69. The monoisotopic (exact) mass is 197 g/mol. The molecule has 0 saturated heterocycles. The summed E-state index contributed by atoms with van der Waals surface area (Å²) in [5.74, 6) is 0.809. The van der Waals surface area contributed by atoms with Crippen LogP contribution in [0, 0.1) is 0 Å². The smallest absolute Gasteiger partial charge is 0.236 e. The summed E-state index contributed by atoms with van der Waals surface area (Å²) in [5.41, 5.74) is 0. The number of nitrogens with one attached hydrogen (secondary N) is 1. The van der Waals surface area contributed by atoms with Gasteiger partial charge in [-0.05, 0) is 6.92 Å². The molecule has 5 nitrogen and oxygen atoms in total. The number of oxazole rings is 1. The van der Waals surface area contributed by atoms with Crippen LogP contribution in [0.2, 0.25) is 0 Å². The van der Waals surface area contributed by atoms with Gasteiger partial charge in [-0.25, -0.2) is 4.98 Å². The van der Waals surface area contributed by atoms with E-state index in [2.05, 4.69) is 10.3 Å². The van der Waals surface area contributed by atoms with Gasteiger partial charge in [0.15, 0.2) is 6.39 Å². The second-order valence-corrected chi connectivity index (χ2v) is 2.98. The molecule has 5 heteroatoms. The van der Waals surface area contributed by atoms with Gasteiger partial charge in [0.25, 0.3) is 0 Å². The minimum Gasteiger partial charge on any atom is -0.447 e. The molecule has 0 aliphatic carbocycles. The van der Waals surface area contributed by atoms with Crippen LogP contribution in [0.3, 0.4) is 0 Å². The average molecular weight is 197 g/mol. The highest BCUT2D eigenvalue weighted by Gasteiger charge is 2.05. The Morgan fingerprint density at radius 1 is 1.71 bits per heavy atom. The Bertz CT molecular complexity index is 272. The Balaban J connectivity index is 2.18. The minimum absolute atomic E-state index is 0.0759. The fourth-order valence-electron chi connectivity index (χ4n) is 0.933. The second-order valence-electron chi connectivity index (χ2n) is 2.98. The maximum absolute atomic E-state index is 11.3. The summed E-state index contributed by atoms with van der Waals surface area (Å²) < 4.78 is 5.00. The highest BCUT2D eigenvalue weighted by Crippen LogP contribution is 1.94. The fraction of sp³-hybridized carbons (Fsp3) is 0.556. The van der Waals surface area contributed by atoms with Gasteiger partial charge in [0.2, 0.25) is 5.91 Å². The molecule has 0 aromatic carbocycles. The van der Waals surface area contributed by atoms with Gasteiger partial charge >= 0.3 is 0 Å². The predicted molar refractivity (Wildman–Crippen MR) is 51.5 cm³/mol. The topological polar surface area (TPSA) is 58.4 Å². The summed E-state index contributed by atoms with van der Waals surface area (Å²) in [6, 6.07) is 0. The Labute approximate surface area is 83.1 Å². The molecule has 0 aliphatic rings. The number of hydrogen-bond donors (Lipinski definition) is 1. The first-order chi connectivity index (χ1) is 6.74. The van der Waals surface area contributed by atoms with E-state index in [4.69, 9.17) is 4.42 Å². The van der Waals surface area contributed by atoms with Crippen molar-refractivity contribution in [2.24, 2.45) is 0 Å². The van der Waals surface area contributed by atoms with Crippen LogP contribution in [0.15, 0.2) is 17.0 Å². The molecular weight excluding hydrogens is 182 g/mol. The molecule has 1 aromatic rings. The molecule has 14 heavy (non-hydrogen) atoms. The maximum Gasteiger partial charge on any atom is 0.236 e. The molecule has 0 atom stereocenters. The highest BCUT2D eigenvalue weighted by molar-refractivity contribution is 5.77. The summed E-state index contributed by atoms with van der Waals surface area (Å²) in [6.07, 6.45) is 3.00. The van der Waals surface area contributed by atoms with Gasteiger partial charge in [0.05, 0.1) is 19.3 Å². The van der Waals surface area contributed by atoms with Crippen LogP contribution in [-0.2, 0) is 11.3 Å². The Morgan fingerprint density at radius 3 is 3.07 bits per heavy atom. The van der Waals surface area contributed by atoms with Crippen LogP contribution in [0.1, 0.15) is 12.7 Å². The summed E-state index contributed by atoms with van der Waals surface area (Å²) in [6.45, 7) is 3.52. The molecule has 1 rings (SSSR count). The van der Waals surface area contributed by atoms with E-state index in [1.165, 1.54) is 6.39 Å². The predicted octanol–water partition coefficient (Wildman–Crippen LogP) is 0.242. The van der Waals surface area contributed by atoms with Crippen molar-refractivity contribution in [3.05, 3.63) is 18.4 Å². The summed E-state index contributed by atoms with van der Waals surface area (Å²) >= 11 is 0. The normalized spacial score (nSPS) is 10.1. The van der Waals surface area contributed by atoms with Crippen LogP contribution < -0.4 is 5.32 Å². The Kier molecular flexibility index (Phi) is 4.12. The van der Waals surface area contributed by atoms with Crippen LogP contribution in [-0.4, -0.2) is 35.9 Å². The molecule has 78 valence electrons. The Hall–Kier alpha value is -1.36. The standard InChI is InChI=1S/C9H15N3O2/c1-3-12(2)9(13)6-10-4-8-5-11-7-14-8/h5,7,10H,3-4,6H2,1-2H3. The van der Waals surface area contributed by atoms with E-state index >= 15 is 0 Å². The number of carbonyl (C=O) groups excluding carboxylic acids is 1. The van der Waals surface area contributed by atoms with Crippen molar-refractivity contribution in [3.8, 4) is 0 Å². The summed E-state index contributed by atoms with van der Waals surface area (Å²) in [4.78, 5) is 16.7. The Morgan fingerprint density at radius 2 is 2.50 bits per heavy atom. The van der Waals surface area contributed by atoms with Crippen LogP contribution >= 0.6 is 0 Å². The third-order valence-corrected chi connectivity index (χ3v) is 1.96. The van der Waals surface area contributed by atoms with E-state index in [-0.39, 0.29) is 5.91 Å². The molecule has 1 amide bonds. The van der Waals surface area contributed by atoms with E-state index in [0.29, 0.717) is 13.1 Å². The number of aromatic nitrogens is 1. The molecule has 1 heterocycles. The highest BCUT2D eigenvalue weighted by atomic mass is 16.3. The zero-order valence-electron chi connectivity index (χ0n) is 8.49. The lowest BCUT2D eigenvalue weighted by Crippen LogP contribution is -2.35. The maximum atomic E-state index is 11.3. The molecule has 1 aromatic heterocycles. The van der Waals surface area contributed by atoms with Crippen molar-refractivity contribution >= 4 is 5.91 Å². The number of carbonyl (C=O) groups is 1. The SMILES string of the molecule is CCN(C)C(=O)CNCc1cnco1. The number of rotatable bonds is 5. The molecule has 0 saturated carbocycles. The zero-order valence-corrected chi connectivity index (χ0v) is 8.49. The van der Waals surface area contributed by atoms with E-state index in [1.807, 2.05) is 6.92 Å². The van der Waals surface area contributed by atoms with Gasteiger partial charge in [-0.1, -0.05) is 0 Å².